The zero-order valence-electron chi connectivity index (χ0n) is 13.7. The average molecular weight is 285 g/mol. The maximum absolute atomic E-state index is 8.69. The van der Waals surface area contributed by atoms with Gasteiger partial charge in [0.05, 0.1) is 0 Å². The summed E-state index contributed by atoms with van der Waals surface area (Å²) in [6.45, 7) is 5.46. The van der Waals surface area contributed by atoms with Crippen LogP contribution in [0.5, 0.6) is 0 Å². The van der Waals surface area contributed by atoms with Crippen LogP contribution in [-0.4, -0.2) is 11.7 Å². The van der Waals surface area contributed by atoms with Crippen molar-refractivity contribution >= 4 is 0 Å². The molecule has 0 aromatic carbocycles. The second-order valence-electron chi connectivity index (χ2n) is 5.49. The number of rotatable bonds is 14. The number of hydrogen-bond acceptors (Lipinski definition) is 1. The molecular weight excluding hydrogens is 248 g/mol. The van der Waals surface area contributed by atoms with Gasteiger partial charge in [-0.05, 0) is 6.42 Å². The molecule has 121 valence electrons. The van der Waals surface area contributed by atoms with Crippen LogP contribution in [0, 0.1) is 0 Å². The van der Waals surface area contributed by atoms with Crippen LogP contribution in [0.15, 0.2) is 12.8 Å². The van der Waals surface area contributed by atoms with Crippen molar-refractivity contribution in [2.24, 2.45) is 0 Å². The molecule has 0 aromatic heterocycles. The van der Waals surface area contributed by atoms with Crippen LogP contribution >= 0.6 is 0 Å². The normalized spacial score (nSPS) is 9.90. The molecule has 0 saturated carbocycles. The van der Waals surface area contributed by atoms with E-state index in [0.29, 0.717) is 12.9 Å². The molecule has 0 bridgehead atoms. The summed E-state index contributed by atoms with van der Waals surface area (Å²) in [6, 6.07) is 0. The molecule has 0 aliphatic carbocycles. The summed E-state index contributed by atoms with van der Waals surface area (Å²) in [4.78, 5) is 0. The van der Waals surface area contributed by atoms with Crippen molar-refractivity contribution in [1.82, 2.24) is 0 Å². The largest absolute Gasteiger partial charge is 0.396 e. The molecule has 2 nitrogen and oxygen atoms in total. The molecule has 0 heterocycles. The van der Waals surface area contributed by atoms with Crippen molar-refractivity contribution in [3.05, 3.63) is 12.8 Å². The van der Waals surface area contributed by atoms with Crippen molar-refractivity contribution in [1.29, 1.82) is 0 Å². The van der Waals surface area contributed by atoms with E-state index in [4.69, 9.17) is 10.2 Å². The average Bonchev–Trinajstić information content (AvgIpc) is 2.45. The van der Waals surface area contributed by atoms with Crippen molar-refractivity contribution in [2.75, 3.05) is 6.61 Å². The third-order valence-electron chi connectivity index (χ3n) is 3.51. The highest BCUT2D eigenvalue weighted by molar-refractivity contribution is 4.48. The van der Waals surface area contributed by atoms with Crippen LogP contribution < -0.4 is 0 Å². The van der Waals surface area contributed by atoms with Crippen LogP contribution in [0.4, 0.5) is 0 Å². The lowest BCUT2D eigenvalue weighted by Gasteiger charge is -2.02. The van der Waals surface area contributed by atoms with E-state index in [1.54, 1.807) is 0 Å². The van der Waals surface area contributed by atoms with Gasteiger partial charge in [0.2, 0.25) is 0 Å². The van der Waals surface area contributed by atoms with Crippen LogP contribution in [0.2, 0.25) is 0 Å². The molecule has 0 aliphatic heterocycles. The minimum atomic E-state index is 0.373. The topological polar surface area (TPSA) is 40.1 Å². The zero-order valence-corrected chi connectivity index (χ0v) is 13.7. The first-order valence-electron chi connectivity index (χ1n) is 8.67. The van der Waals surface area contributed by atoms with Gasteiger partial charge in [0.25, 0.3) is 0 Å². The SMILES string of the molecule is C=C[O].CCCCCCCCCCCCCCCCO. The molecule has 0 aliphatic rings. The molecule has 0 fully saturated rings. The van der Waals surface area contributed by atoms with Gasteiger partial charge in [-0.2, -0.15) is 0 Å². The Hall–Kier alpha value is -0.500. The van der Waals surface area contributed by atoms with Gasteiger partial charge in [0.1, 0.15) is 6.26 Å². The molecule has 0 rings (SSSR count). The van der Waals surface area contributed by atoms with Crippen LogP contribution in [0.25, 0.3) is 0 Å². The Kier molecular flexibility index (Phi) is 25.7. The minimum absolute atomic E-state index is 0.373. The van der Waals surface area contributed by atoms with Crippen molar-refractivity contribution < 1.29 is 10.2 Å². The van der Waals surface area contributed by atoms with Gasteiger partial charge in [-0.1, -0.05) is 97.0 Å². The Balaban J connectivity index is 0. The van der Waals surface area contributed by atoms with Gasteiger partial charge in [-0.25, -0.2) is 0 Å². The Morgan fingerprint density at radius 1 is 0.700 bits per heavy atom. The molecule has 0 aromatic rings. The lowest BCUT2D eigenvalue weighted by molar-refractivity contribution is 0.282. The van der Waals surface area contributed by atoms with Gasteiger partial charge < -0.3 is 5.11 Å². The standard InChI is InChI=1S/C16H34O.C2H3O/c1-2-3-4-5-6-7-8-9-10-11-12-13-14-15-16-17;1-2-3/h17H,2-16H2,1H3;2H,1H2. The monoisotopic (exact) mass is 285 g/mol. The van der Waals surface area contributed by atoms with Crippen LogP contribution in [0.3, 0.4) is 0 Å². The van der Waals surface area contributed by atoms with Crippen molar-refractivity contribution in [2.45, 2.75) is 96.8 Å². The second kappa shape index (κ2) is 23.6. The van der Waals surface area contributed by atoms with Gasteiger partial charge in [-0.3, -0.25) is 5.11 Å². The Morgan fingerprint density at radius 3 is 1.20 bits per heavy atom. The highest BCUT2D eigenvalue weighted by atomic mass is 16.3. The first-order chi connectivity index (χ1) is 9.83. The van der Waals surface area contributed by atoms with Gasteiger partial charge in [0, 0.05) is 6.61 Å². The number of hydrogen-bond donors (Lipinski definition) is 1. The third-order valence-corrected chi connectivity index (χ3v) is 3.51. The molecule has 20 heavy (non-hydrogen) atoms. The Bertz CT molecular complexity index is 143. The fourth-order valence-corrected chi connectivity index (χ4v) is 2.31. The zero-order chi connectivity index (χ0) is 15.3. The molecular formula is C18H37O2. The van der Waals surface area contributed by atoms with E-state index in [0.717, 1.165) is 6.42 Å². The maximum atomic E-state index is 8.69. The number of aliphatic hydroxyl groups excluding tert-OH is 1. The van der Waals surface area contributed by atoms with Gasteiger partial charge in [-0.15, -0.1) is 0 Å². The van der Waals surface area contributed by atoms with E-state index in [1.165, 1.54) is 83.5 Å². The molecule has 1 radical (unpaired) electrons. The maximum Gasteiger partial charge on any atom is 0.135 e. The lowest BCUT2D eigenvalue weighted by Crippen LogP contribution is -1.84. The Morgan fingerprint density at radius 2 is 0.950 bits per heavy atom. The van der Waals surface area contributed by atoms with E-state index in [1.807, 2.05) is 0 Å². The summed E-state index contributed by atoms with van der Waals surface area (Å²) >= 11 is 0. The lowest BCUT2D eigenvalue weighted by atomic mass is 10.0. The molecule has 0 unspecified atom stereocenters. The fourth-order valence-electron chi connectivity index (χ4n) is 2.31. The van der Waals surface area contributed by atoms with E-state index < -0.39 is 0 Å². The second-order valence-corrected chi connectivity index (χ2v) is 5.49. The summed E-state index contributed by atoms with van der Waals surface area (Å²) in [6.07, 6.45) is 19.7. The quantitative estimate of drug-likeness (QED) is 0.307. The van der Waals surface area contributed by atoms with Crippen molar-refractivity contribution in [3.63, 3.8) is 0 Å². The number of unbranched alkanes of at least 4 members (excludes halogenated alkanes) is 13. The third kappa shape index (κ3) is 26.1. The van der Waals surface area contributed by atoms with Crippen LogP contribution in [-0.2, 0) is 5.11 Å². The smallest absolute Gasteiger partial charge is 0.135 e. The summed E-state index contributed by atoms with van der Waals surface area (Å²) in [5.74, 6) is 0. The molecule has 0 amide bonds. The minimum Gasteiger partial charge on any atom is -0.396 e. The van der Waals surface area contributed by atoms with Gasteiger partial charge in [0.15, 0.2) is 0 Å². The predicted molar refractivity (Wildman–Crippen MR) is 88.3 cm³/mol. The summed E-state index contributed by atoms with van der Waals surface area (Å²) in [5.41, 5.74) is 0. The molecule has 0 spiro atoms. The highest BCUT2D eigenvalue weighted by Gasteiger charge is 1.93. The van der Waals surface area contributed by atoms with Crippen molar-refractivity contribution in [3.8, 4) is 0 Å². The van der Waals surface area contributed by atoms with E-state index >= 15 is 0 Å². The predicted octanol–water partition coefficient (Wildman–Crippen LogP) is 6.02. The summed E-state index contributed by atoms with van der Waals surface area (Å²) in [7, 11) is 0. The van der Waals surface area contributed by atoms with E-state index in [-0.39, 0.29) is 0 Å². The van der Waals surface area contributed by atoms with Gasteiger partial charge >= 0.3 is 0 Å². The first-order valence-corrected chi connectivity index (χ1v) is 8.67. The van der Waals surface area contributed by atoms with E-state index in [2.05, 4.69) is 13.5 Å². The highest BCUT2D eigenvalue weighted by Crippen LogP contribution is 2.12. The molecule has 1 N–H and O–H groups in total. The summed E-state index contributed by atoms with van der Waals surface area (Å²) < 4.78 is 0. The van der Waals surface area contributed by atoms with Crippen LogP contribution in [0.1, 0.15) is 96.8 Å². The fraction of sp³-hybridized carbons (Fsp3) is 0.889. The van der Waals surface area contributed by atoms with E-state index in [9.17, 15) is 0 Å². The molecule has 0 saturated heterocycles. The Labute approximate surface area is 127 Å². The summed E-state index contributed by atoms with van der Waals surface area (Å²) in [5, 5.41) is 17.3. The molecule has 2 heteroatoms. The molecule has 0 atom stereocenters. The number of aliphatic hydroxyl groups is 1. The first kappa shape index (κ1) is 21.8.